The number of nitrogens with zero attached hydrogens (tertiary/aromatic N) is 1. The minimum absolute atomic E-state index is 0.0209. The molecule has 3 rings (SSSR count). The summed E-state index contributed by atoms with van der Waals surface area (Å²) in [6.07, 6.45) is 0. The molecule has 2 N–H and O–H groups in total. The molecule has 0 bridgehead atoms. The topological polar surface area (TPSA) is 71.1 Å². The van der Waals surface area contributed by atoms with Crippen molar-refractivity contribution in [1.29, 1.82) is 0 Å². The Hall–Kier alpha value is -2.73. The molecule has 0 saturated heterocycles. The summed E-state index contributed by atoms with van der Waals surface area (Å²) in [5.74, 6) is -0.541. The summed E-state index contributed by atoms with van der Waals surface area (Å²) in [4.78, 5) is 30.1. The molecule has 1 aromatic heterocycles. The number of carbonyl (C=O) groups excluding carboxylic acids is 2. The van der Waals surface area contributed by atoms with Crippen LogP contribution < -0.4 is 10.6 Å². The third-order valence-electron chi connectivity index (χ3n) is 5.01. The first-order valence-electron chi connectivity index (χ1n) is 10.1. The second-order valence-electron chi connectivity index (χ2n) is 8.93. The number of aryl methyl sites for hydroxylation is 1. The summed E-state index contributed by atoms with van der Waals surface area (Å²) >= 11 is 1.59. The lowest BCUT2D eigenvalue weighted by Gasteiger charge is -2.22. The molecule has 0 aliphatic rings. The van der Waals surface area contributed by atoms with Crippen LogP contribution in [0.2, 0.25) is 0 Å². The maximum atomic E-state index is 12.9. The Kier molecular flexibility index (Phi) is 6.27. The molecule has 5 nitrogen and oxygen atoms in total. The van der Waals surface area contributed by atoms with Gasteiger partial charge in [0.1, 0.15) is 6.04 Å². The molecule has 0 saturated carbocycles. The largest absolute Gasteiger partial charge is 0.340 e. The van der Waals surface area contributed by atoms with Crippen molar-refractivity contribution in [3.8, 4) is 0 Å². The monoisotopic (exact) mass is 423 g/mol. The molecule has 3 aromatic rings. The quantitative estimate of drug-likeness (QED) is 0.585. The fourth-order valence-electron chi connectivity index (χ4n) is 3.22. The van der Waals surface area contributed by atoms with Crippen LogP contribution in [-0.4, -0.2) is 22.8 Å². The van der Waals surface area contributed by atoms with E-state index in [1.165, 1.54) is 0 Å². The van der Waals surface area contributed by atoms with E-state index < -0.39 is 6.04 Å². The first kappa shape index (κ1) is 22.0. The van der Waals surface area contributed by atoms with Crippen molar-refractivity contribution < 1.29 is 9.59 Å². The highest BCUT2D eigenvalue weighted by Crippen LogP contribution is 2.25. The SMILES string of the molecule is Cc1nc2ccc(NC(=O)[C@@H](NC(=O)c3ccc(C(C)(C)C)cc3)C(C)C)cc2s1. The average molecular weight is 424 g/mol. The third kappa shape index (κ3) is 5.05. The molecule has 2 aromatic carbocycles. The third-order valence-corrected chi connectivity index (χ3v) is 5.95. The van der Waals surface area contributed by atoms with Gasteiger partial charge in [0.05, 0.1) is 15.2 Å². The summed E-state index contributed by atoms with van der Waals surface area (Å²) in [6, 6.07) is 12.6. The van der Waals surface area contributed by atoms with Gasteiger partial charge in [-0.3, -0.25) is 9.59 Å². The van der Waals surface area contributed by atoms with Crippen molar-refractivity contribution >= 4 is 39.1 Å². The van der Waals surface area contributed by atoms with Gasteiger partial charge in [0.25, 0.3) is 5.91 Å². The number of nitrogens with one attached hydrogen (secondary N) is 2. The van der Waals surface area contributed by atoms with Crippen LogP contribution in [0.15, 0.2) is 42.5 Å². The van der Waals surface area contributed by atoms with Crippen LogP contribution in [0.3, 0.4) is 0 Å². The Morgan fingerprint density at radius 2 is 1.70 bits per heavy atom. The molecule has 2 amide bonds. The smallest absolute Gasteiger partial charge is 0.251 e. The number of benzene rings is 2. The van der Waals surface area contributed by atoms with E-state index in [0.29, 0.717) is 11.3 Å². The predicted molar refractivity (Wildman–Crippen MR) is 124 cm³/mol. The van der Waals surface area contributed by atoms with E-state index in [4.69, 9.17) is 0 Å². The zero-order valence-corrected chi connectivity index (χ0v) is 19.2. The van der Waals surface area contributed by atoms with Gasteiger partial charge in [0.15, 0.2) is 0 Å². The molecule has 0 fully saturated rings. The molecule has 158 valence electrons. The molecular weight excluding hydrogens is 394 g/mol. The number of thiazole rings is 1. The fraction of sp³-hybridized carbons (Fsp3) is 0.375. The van der Waals surface area contributed by atoms with E-state index in [2.05, 4.69) is 36.4 Å². The number of fused-ring (bicyclic) bond motifs is 1. The minimum Gasteiger partial charge on any atom is -0.340 e. The van der Waals surface area contributed by atoms with Gasteiger partial charge >= 0.3 is 0 Å². The molecular formula is C24H29N3O2S. The van der Waals surface area contributed by atoms with Crippen molar-refractivity contribution in [3.05, 3.63) is 58.6 Å². The summed E-state index contributed by atoms with van der Waals surface area (Å²) in [5.41, 5.74) is 3.34. The highest BCUT2D eigenvalue weighted by atomic mass is 32.1. The van der Waals surface area contributed by atoms with E-state index in [1.54, 1.807) is 11.3 Å². The van der Waals surface area contributed by atoms with Crippen molar-refractivity contribution in [2.24, 2.45) is 5.92 Å². The molecule has 0 unspecified atom stereocenters. The normalized spacial score (nSPS) is 12.8. The molecule has 0 radical (unpaired) electrons. The molecule has 0 spiro atoms. The standard InChI is InChI=1S/C24H29N3O2S/c1-14(2)21(27-22(28)16-7-9-17(10-8-16)24(4,5)6)23(29)26-18-11-12-19-20(13-18)30-15(3)25-19/h7-14,21H,1-6H3,(H,26,29)(H,27,28)/t21-/m0/s1. The Morgan fingerprint density at radius 1 is 1.03 bits per heavy atom. The highest BCUT2D eigenvalue weighted by molar-refractivity contribution is 7.18. The maximum absolute atomic E-state index is 12.9. The van der Waals surface area contributed by atoms with E-state index in [9.17, 15) is 9.59 Å². The van der Waals surface area contributed by atoms with Gasteiger partial charge < -0.3 is 10.6 Å². The van der Waals surface area contributed by atoms with Gasteiger partial charge in [-0.1, -0.05) is 46.8 Å². The molecule has 30 heavy (non-hydrogen) atoms. The van der Waals surface area contributed by atoms with E-state index in [-0.39, 0.29) is 23.1 Å². The van der Waals surface area contributed by atoms with E-state index in [1.807, 2.05) is 63.2 Å². The number of rotatable bonds is 5. The van der Waals surface area contributed by atoms with Gasteiger partial charge in [-0.25, -0.2) is 4.98 Å². The van der Waals surface area contributed by atoms with Crippen LogP contribution in [-0.2, 0) is 10.2 Å². The zero-order chi connectivity index (χ0) is 22.1. The molecule has 0 aliphatic heterocycles. The van der Waals surface area contributed by atoms with Gasteiger partial charge in [-0.05, 0) is 54.2 Å². The summed E-state index contributed by atoms with van der Waals surface area (Å²) in [7, 11) is 0. The second kappa shape index (κ2) is 8.56. The zero-order valence-electron chi connectivity index (χ0n) is 18.4. The predicted octanol–water partition coefficient (Wildman–Crippen LogP) is 5.30. The number of anilines is 1. The first-order valence-corrected chi connectivity index (χ1v) is 11.0. The Labute approximate surface area is 181 Å². The second-order valence-corrected chi connectivity index (χ2v) is 10.2. The lowest BCUT2D eigenvalue weighted by molar-refractivity contribution is -0.118. The van der Waals surface area contributed by atoms with Crippen LogP contribution >= 0.6 is 11.3 Å². The van der Waals surface area contributed by atoms with E-state index in [0.717, 1.165) is 20.8 Å². The number of amides is 2. The summed E-state index contributed by atoms with van der Waals surface area (Å²) < 4.78 is 1.02. The summed E-state index contributed by atoms with van der Waals surface area (Å²) in [6.45, 7) is 12.2. The van der Waals surface area contributed by atoms with Crippen LogP contribution in [0.4, 0.5) is 5.69 Å². The van der Waals surface area contributed by atoms with E-state index >= 15 is 0 Å². The Morgan fingerprint density at radius 3 is 2.30 bits per heavy atom. The van der Waals surface area contributed by atoms with Crippen LogP contribution in [0.25, 0.3) is 10.2 Å². The number of carbonyl (C=O) groups is 2. The number of hydrogen-bond acceptors (Lipinski definition) is 4. The first-order chi connectivity index (χ1) is 14.0. The van der Waals surface area contributed by atoms with Gasteiger partial charge in [-0.2, -0.15) is 0 Å². The molecule has 1 atom stereocenters. The summed E-state index contributed by atoms with van der Waals surface area (Å²) in [5, 5.41) is 6.81. The van der Waals surface area contributed by atoms with Crippen molar-refractivity contribution in [1.82, 2.24) is 10.3 Å². The average Bonchev–Trinajstić information content (AvgIpc) is 3.04. The maximum Gasteiger partial charge on any atom is 0.251 e. The lowest BCUT2D eigenvalue weighted by Crippen LogP contribution is -2.47. The van der Waals surface area contributed by atoms with Gasteiger partial charge in [0, 0.05) is 11.3 Å². The Balaban J connectivity index is 1.72. The number of hydrogen-bond donors (Lipinski definition) is 2. The van der Waals surface area contributed by atoms with Crippen LogP contribution in [0.5, 0.6) is 0 Å². The van der Waals surface area contributed by atoms with Crippen LogP contribution in [0, 0.1) is 12.8 Å². The fourth-order valence-corrected chi connectivity index (χ4v) is 4.09. The van der Waals surface area contributed by atoms with Crippen LogP contribution in [0.1, 0.15) is 55.5 Å². The minimum atomic E-state index is -0.640. The van der Waals surface area contributed by atoms with Crippen molar-refractivity contribution in [3.63, 3.8) is 0 Å². The lowest BCUT2D eigenvalue weighted by atomic mass is 9.86. The van der Waals surface area contributed by atoms with Crippen molar-refractivity contribution in [2.75, 3.05) is 5.32 Å². The molecule has 6 heteroatoms. The van der Waals surface area contributed by atoms with Gasteiger partial charge in [0.2, 0.25) is 5.91 Å². The van der Waals surface area contributed by atoms with Gasteiger partial charge in [-0.15, -0.1) is 11.3 Å². The van der Waals surface area contributed by atoms with Crippen molar-refractivity contribution in [2.45, 2.75) is 53.0 Å². The number of aromatic nitrogens is 1. The highest BCUT2D eigenvalue weighted by Gasteiger charge is 2.25. The molecule has 1 heterocycles. The Bertz CT molecular complexity index is 1060. The molecule has 0 aliphatic carbocycles.